The van der Waals surface area contributed by atoms with Crippen molar-refractivity contribution in [2.45, 2.75) is 31.8 Å². The molecule has 21 heavy (non-hydrogen) atoms. The summed E-state index contributed by atoms with van der Waals surface area (Å²) in [5.74, 6) is -2.67. The van der Waals surface area contributed by atoms with Crippen molar-refractivity contribution in [2.75, 3.05) is 19.6 Å². The predicted molar refractivity (Wildman–Crippen MR) is 72.0 cm³/mol. The Morgan fingerprint density at radius 2 is 2.19 bits per heavy atom. The van der Waals surface area contributed by atoms with Gasteiger partial charge in [0.15, 0.2) is 0 Å². The van der Waals surface area contributed by atoms with Crippen LogP contribution in [0.3, 0.4) is 0 Å². The lowest BCUT2D eigenvalue weighted by Gasteiger charge is -2.31. The van der Waals surface area contributed by atoms with Crippen LogP contribution in [-0.2, 0) is 19.2 Å². The summed E-state index contributed by atoms with van der Waals surface area (Å²) in [5, 5.41) is 14.2. The largest absolute Gasteiger partial charge is 0.480 e. The van der Waals surface area contributed by atoms with E-state index in [1.807, 2.05) is 0 Å². The van der Waals surface area contributed by atoms with Crippen LogP contribution in [0.15, 0.2) is 0 Å². The summed E-state index contributed by atoms with van der Waals surface area (Å²) in [6.45, 7) is 2.45. The second kappa shape index (κ2) is 7.58. The molecule has 2 unspecified atom stereocenters. The molecule has 1 heterocycles. The molecule has 0 aliphatic carbocycles. The molecule has 0 saturated carbocycles. The zero-order valence-corrected chi connectivity index (χ0v) is 11.8. The van der Waals surface area contributed by atoms with E-state index in [9.17, 15) is 19.2 Å². The lowest BCUT2D eigenvalue weighted by molar-refractivity contribution is -0.143. The van der Waals surface area contributed by atoms with Gasteiger partial charge in [-0.25, -0.2) is 4.79 Å². The average Bonchev–Trinajstić information content (AvgIpc) is 2.39. The van der Waals surface area contributed by atoms with E-state index in [2.05, 4.69) is 10.6 Å². The van der Waals surface area contributed by atoms with Crippen LogP contribution in [0.4, 0.5) is 0 Å². The van der Waals surface area contributed by atoms with E-state index in [1.54, 1.807) is 6.92 Å². The van der Waals surface area contributed by atoms with E-state index >= 15 is 0 Å². The van der Waals surface area contributed by atoms with Gasteiger partial charge in [-0.2, -0.15) is 0 Å². The molecule has 9 nitrogen and oxygen atoms in total. The quantitative estimate of drug-likeness (QED) is 0.414. The van der Waals surface area contributed by atoms with Crippen LogP contribution in [0.5, 0.6) is 0 Å². The molecule has 0 aromatic heterocycles. The fourth-order valence-corrected chi connectivity index (χ4v) is 2.00. The Bertz CT molecular complexity index is 439. The third-order valence-corrected chi connectivity index (χ3v) is 3.16. The molecule has 0 spiro atoms. The van der Waals surface area contributed by atoms with Crippen molar-refractivity contribution >= 4 is 23.7 Å². The van der Waals surface area contributed by atoms with E-state index < -0.39 is 23.8 Å². The maximum atomic E-state index is 11.8. The highest BCUT2D eigenvalue weighted by atomic mass is 16.4. The topological polar surface area (TPSA) is 142 Å². The second-order valence-electron chi connectivity index (χ2n) is 4.90. The third kappa shape index (κ3) is 5.38. The summed E-state index contributed by atoms with van der Waals surface area (Å²) in [7, 11) is 0. The minimum atomic E-state index is -1.25. The lowest BCUT2D eigenvalue weighted by atomic mass is 10.1. The number of rotatable bonds is 7. The van der Waals surface area contributed by atoms with Crippen molar-refractivity contribution in [1.82, 2.24) is 15.5 Å². The molecule has 1 rings (SSSR count). The normalized spacial score (nSPS) is 20.0. The van der Waals surface area contributed by atoms with Gasteiger partial charge in [-0.15, -0.1) is 0 Å². The summed E-state index contributed by atoms with van der Waals surface area (Å²) < 4.78 is 0. The number of nitrogens with zero attached hydrogens (tertiary/aromatic N) is 1. The summed E-state index contributed by atoms with van der Waals surface area (Å²) in [6, 6.07) is -1.56. The fourth-order valence-electron chi connectivity index (χ4n) is 2.00. The van der Waals surface area contributed by atoms with Crippen molar-refractivity contribution in [1.29, 1.82) is 0 Å². The molecule has 9 heteroatoms. The van der Waals surface area contributed by atoms with Crippen LogP contribution in [0.25, 0.3) is 0 Å². The molecule has 1 aliphatic rings. The first-order valence-corrected chi connectivity index (χ1v) is 6.64. The summed E-state index contributed by atoms with van der Waals surface area (Å²) in [5.41, 5.74) is 4.95. The highest BCUT2D eigenvalue weighted by Crippen LogP contribution is 2.02. The van der Waals surface area contributed by atoms with Gasteiger partial charge >= 0.3 is 5.97 Å². The first-order chi connectivity index (χ1) is 9.81. The molecule has 1 aliphatic heterocycles. The highest BCUT2D eigenvalue weighted by molar-refractivity contribution is 5.90. The smallest absolute Gasteiger partial charge is 0.326 e. The van der Waals surface area contributed by atoms with Gasteiger partial charge in [0.05, 0.1) is 12.6 Å². The fraction of sp³-hybridized carbons (Fsp3) is 0.667. The van der Waals surface area contributed by atoms with Crippen molar-refractivity contribution < 1.29 is 24.3 Å². The zero-order chi connectivity index (χ0) is 16.0. The Hall–Kier alpha value is -2.16. The number of carboxylic acids is 1. The Balaban J connectivity index is 2.51. The number of carbonyl (C=O) groups excluding carboxylic acids is 3. The summed E-state index contributed by atoms with van der Waals surface area (Å²) in [4.78, 5) is 46.6. The van der Waals surface area contributed by atoms with E-state index in [-0.39, 0.29) is 31.3 Å². The molecule has 118 valence electrons. The van der Waals surface area contributed by atoms with Crippen molar-refractivity contribution in [2.24, 2.45) is 5.73 Å². The Labute approximate surface area is 121 Å². The van der Waals surface area contributed by atoms with Crippen molar-refractivity contribution in [3.8, 4) is 0 Å². The van der Waals surface area contributed by atoms with Gasteiger partial charge in [0.25, 0.3) is 0 Å². The number of carboxylic acid groups (broad SMARTS) is 1. The van der Waals surface area contributed by atoms with Gasteiger partial charge in [-0.05, 0) is 13.3 Å². The van der Waals surface area contributed by atoms with Gasteiger partial charge in [-0.3, -0.25) is 14.4 Å². The van der Waals surface area contributed by atoms with Crippen LogP contribution >= 0.6 is 0 Å². The minimum absolute atomic E-state index is 0.0810. The maximum absolute atomic E-state index is 11.8. The first-order valence-electron chi connectivity index (χ1n) is 6.64. The molecule has 0 radical (unpaired) electrons. The number of amides is 3. The maximum Gasteiger partial charge on any atom is 0.326 e. The molecular formula is C12H20N4O5. The van der Waals surface area contributed by atoms with Crippen molar-refractivity contribution in [3.05, 3.63) is 0 Å². The van der Waals surface area contributed by atoms with Gasteiger partial charge in [0.1, 0.15) is 6.04 Å². The van der Waals surface area contributed by atoms with E-state index in [0.717, 1.165) is 0 Å². The average molecular weight is 300 g/mol. The number of hydrogen-bond donors (Lipinski definition) is 4. The standard InChI is InChI=1S/C12H20N4O5/c1-7-11(19)16(5-4-14-7)6-10(18)15-8(12(20)21)2-3-9(13)17/h7-8,14H,2-6H2,1H3,(H2,13,17)(H,15,18)(H,20,21). The number of piperazine rings is 1. The number of carbonyl (C=O) groups is 4. The van der Waals surface area contributed by atoms with Crippen LogP contribution in [0.1, 0.15) is 19.8 Å². The number of nitrogens with one attached hydrogen (secondary N) is 2. The third-order valence-electron chi connectivity index (χ3n) is 3.16. The van der Waals surface area contributed by atoms with Crippen LogP contribution in [0, 0.1) is 0 Å². The number of aliphatic carboxylic acids is 1. The molecule has 1 saturated heterocycles. The molecular weight excluding hydrogens is 280 g/mol. The predicted octanol–water partition coefficient (Wildman–Crippen LogP) is -2.36. The van der Waals surface area contributed by atoms with Crippen LogP contribution in [-0.4, -0.2) is 65.4 Å². The Morgan fingerprint density at radius 3 is 2.76 bits per heavy atom. The van der Waals surface area contributed by atoms with Gasteiger partial charge in [-0.1, -0.05) is 0 Å². The lowest BCUT2D eigenvalue weighted by Crippen LogP contribution is -2.56. The SMILES string of the molecule is CC1NCCN(CC(=O)NC(CCC(N)=O)C(=O)O)C1=O. The molecule has 0 aromatic rings. The highest BCUT2D eigenvalue weighted by Gasteiger charge is 2.27. The van der Waals surface area contributed by atoms with Crippen LogP contribution in [0.2, 0.25) is 0 Å². The summed E-state index contributed by atoms with van der Waals surface area (Å²) >= 11 is 0. The minimum Gasteiger partial charge on any atom is -0.480 e. The van der Waals surface area contributed by atoms with Gasteiger partial charge in [0, 0.05) is 19.5 Å². The summed E-state index contributed by atoms with van der Waals surface area (Å²) in [6.07, 6.45) is -0.219. The zero-order valence-electron chi connectivity index (χ0n) is 11.8. The monoisotopic (exact) mass is 300 g/mol. The first kappa shape index (κ1) is 16.9. The number of nitrogens with two attached hydrogens (primary N) is 1. The molecule has 0 bridgehead atoms. The van der Waals surface area contributed by atoms with E-state index in [1.165, 1.54) is 4.90 Å². The van der Waals surface area contributed by atoms with E-state index in [0.29, 0.717) is 13.1 Å². The molecule has 0 aromatic carbocycles. The number of hydrogen-bond acceptors (Lipinski definition) is 5. The van der Waals surface area contributed by atoms with Gasteiger partial charge in [0.2, 0.25) is 17.7 Å². The van der Waals surface area contributed by atoms with E-state index in [4.69, 9.17) is 10.8 Å². The molecule has 2 atom stereocenters. The molecule has 3 amide bonds. The van der Waals surface area contributed by atoms with Crippen molar-refractivity contribution in [3.63, 3.8) is 0 Å². The Kier molecular flexibility index (Phi) is 6.10. The molecule has 5 N–H and O–H groups in total. The second-order valence-corrected chi connectivity index (χ2v) is 4.90. The van der Waals surface area contributed by atoms with Gasteiger partial charge < -0.3 is 26.4 Å². The Morgan fingerprint density at radius 1 is 1.52 bits per heavy atom. The molecule has 1 fully saturated rings. The number of primary amides is 1. The van der Waals surface area contributed by atoms with Crippen LogP contribution < -0.4 is 16.4 Å².